The summed E-state index contributed by atoms with van der Waals surface area (Å²) in [5.41, 5.74) is 1.94. The van der Waals surface area contributed by atoms with E-state index in [4.69, 9.17) is 4.74 Å². The molecule has 0 radical (unpaired) electrons. The van der Waals surface area contributed by atoms with E-state index in [1.54, 1.807) is 0 Å². The van der Waals surface area contributed by atoms with Crippen LogP contribution < -0.4 is 5.32 Å². The largest absolute Gasteiger partial charge is 0.393 e. The molecule has 0 amide bonds. The topological polar surface area (TPSA) is 44.7 Å². The van der Waals surface area contributed by atoms with Crippen molar-refractivity contribution in [2.24, 2.45) is 44.8 Å². The minimum Gasteiger partial charge on any atom is -0.393 e. The maximum absolute atomic E-state index is 11.4. The predicted molar refractivity (Wildman–Crippen MR) is 123 cm³/mol. The van der Waals surface area contributed by atoms with Gasteiger partial charge in [0.2, 0.25) is 0 Å². The van der Waals surface area contributed by atoms with Gasteiger partial charge in [-0.2, -0.15) is 0 Å². The van der Waals surface area contributed by atoms with Gasteiger partial charge in [0, 0.05) is 23.4 Å². The van der Waals surface area contributed by atoms with Crippen molar-refractivity contribution in [3.8, 4) is 0 Å². The lowest BCUT2D eigenvalue weighted by atomic mass is 9.41. The molecular formula is C27H46N2O2. The maximum atomic E-state index is 11.4. The molecule has 0 bridgehead atoms. The van der Waals surface area contributed by atoms with Gasteiger partial charge in [0.05, 0.1) is 19.4 Å². The number of aliphatic hydroxyl groups is 1. The van der Waals surface area contributed by atoms with E-state index in [0.717, 1.165) is 31.6 Å². The molecule has 31 heavy (non-hydrogen) atoms. The van der Waals surface area contributed by atoms with Crippen molar-refractivity contribution in [2.75, 3.05) is 27.4 Å². The lowest BCUT2D eigenvalue weighted by molar-refractivity contribution is -0.172. The van der Waals surface area contributed by atoms with E-state index in [2.05, 4.69) is 52.0 Å². The van der Waals surface area contributed by atoms with Crippen LogP contribution in [0, 0.1) is 44.8 Å². The van der Waals surface area contributed by atoms with E-state index >= 15 is 0 Å². The van der Waals surface area contributed by atoms with Crippen LogP contribution in [0.1, 0.15) is 79.1 Å². The molecule has 6 aliphatic rings. The summed E-state index contributed by atoms with van der Waals surface area (Å²) in [5.74, 6) is 2.00. The Kier molecular flexibility index (Phi) is 4.33. The lowest BCUT2D eigenvalue weighted by Crippen LogP contribution is -2.63. The molecule has 0 aromatic rings. The molecule has 4 heteroatoms. The zero-order valence-corrected chi connectivity index (χ0v) is 20.8. The molecule has 1 saturated heterocycles. The van der Waals surface area contributed by atoms with E-state index in [1.165, 1.54) is 44.9 Å². The average molecular weight is 431 g/mol. The van der Waals surface area contributed by atoms with Gasteiger partial charge in [-0.25, -0.2) is 0 Å². The molecular weight excluding hydrogens is 384 g/mol. The second kappa shape index (κ2) is 6.29. The van der Waals surface area contributed by atoms with Crippen LogP contribution in [0.15, 0.2) is 0 Å². The molecule has 4 nitrogen and oxygen atoms in total. The molecule has 6 rings (SSSR count). The maximum Gasteiger partial charge on any atom is 0.0967 e. The quantitative estimate of drug-likeness (QED) is 0.687. The summed E-state index contributed by atoms with van der Waals surface area (Å²) in [6.07, 6.45) is 10.5. The van der Waals surface area contributed by atoms with Crippen molar-refractivity contribution in [3.05, 3.63) is 0 Å². The van der Waals surface area contributed by atoms with Crippen LogP contribution in [-0.2, 0) is 4.74 Å². The number of ether oxygens (including phenoxy) is 1. The minimum atomic E-state index is -0.154. The third-order valence-corrected chi connectivity index (χ3v) is 13.2. The fourth-order valence-electron chi connectivity index (χ4n) is 11.4. The molecule has 2 N–H and O–H groups in total. The Morgan fingerprint density at radius 2 is 1.68 bits per heavy atom. The Morgan fingerprint density at radius 3 is 2.42 bits per heavy atom. The number of aliphatic hydroxyl groups excluding tert-OH is 1. The van der Waals surface area contributed by atoms with Crippen LogP contribution in [0.3, 0.4) is 0 Å². The van der Waals surface area contributed by atoms with E-state index in [1.807, 2.05) is 0 Å². The molecule has 1 aliphatic heterocycles. The highest BCUT2D eigenvalue weighted by molar-refractivity contribution is 5.32. The van der Waals surface area contributed by atoms with E-state index in [0.29, 0.717) is 34.2 Å². The van der Waals surface area contributed by atoms with Crippen LogP contribution in [0.4, 0.5) is 0 Å². The van der Waals surface area contributed by atoms with Gasteiger partial charge in [0.15, 0.2) is 0 Å². The first-order valence-corrected chi connectivity index (χ1v) is 13.2. The van der Waals surface area contributed by atoms with Gasteiger partial charge in [-0.15, -0.1) is 0 Å². The lowest BCUT2D eigenvalue weighted by Gasteiger charge is -2.64. The van der Waals surface area contributed by atoms with Crippen LogP contribution in [0.5, 0.6) is 0 Å². The fraction of sp³-hybridized carbons (Fsp3) is 1.00. The van der Waals surface area contributed by atoms with Crippen LogP contribution in [0.25, 0.3) is 0 Å². The minimum absolute atomic E-state index is 0.154. The van der Waals surface area contributed by atoms with Crippen molar-refractivity contribution in [2.45, 2.75) is 97.2 Å². The number of nitrogens with one attached hydrogen (secondary N) is 1. The number of hydrogen-bond acceptors (Lipinski definition) is 4. The summed E-state index contributed by atoms with van der Waals surface area (Å²) in [6.45, 7) is 11.8. The Hall–Kier alpha value is -0.160. The standard InChI is InChI=1S/C27H46N2O2/c1-17(29(5)6)22-18(30)13-25(4)20-8-7-19-23(2)15-31-16-28-21(23)9-10-26(19)14-27(20,26)12-11-24(22,25)3/h17-22,28,30H,7-16H2,1-6H3/t17-,18+,19-,20-,21-,22-,23-,24+,25-,26+,27-/m0/s1. The smallest absolute Gasteiger partial charge is 0.0967 e. The summed E-state index contributed by atoms with van der Waals surface area (Å²) in [4.78, 5) is 2.35. The normalized spacial score (nSPS) is 61.0. The van der Waals surface area contributed by atoms with Gasteiger partial charge in [-0.1, -0.05) is 20.8 Å². The molecule has 0 unspecified atom stereocenters. The molecule has 1 heterocycles. The fourth-order valence-corrected chi connectivity index (χ4v) is 11.4. The van der Waals surface area contributed by atoms with Crippen LogP contribution >= 0.6 is 0 Å². The highest BCUT2D eigenvalue weighted by atomic mass is 16.5. The molecule has 0 aromatic heterocycles. The first-order valence-electron chi connectivity index (χ1n) is 13.2. The predicted octanol–water partition coefficient (Wildman–Crippen LogP) is 4.27. The van der Waals surface area contributed by atoms with Crippen molar-refractivity contribution in [1.29, 1.82) is 0 Å². The Morgan fingerprint density at radius 1 is 0.968 bits per heavy atom. The highest BCUT2D eigenvalue weighted by Crippen LogP contribution is 2.89. The summed E-state index contributed by atoms with van der Waals surface area (Å²) in [5, 5.41) is 15.2. The van der Waals surface area contributed by atoms with Gasteiger partial charge in [0.25, 0.3) is 0 Å². The van der Waals surface area contributed by atoms with Crippen molar-refractivity contribution in [3.63, 3.8) is 0 Å². The van der Waals surface area contributed by atoms with E-state index < -0.39 is 0 Å². The van der Waals surface area contributed by atoms with Crippen molar-refractivity contribution < 1.29 is 9.84 Å². The van der Waals surface area contributed by atoms with E-state index in [-0.39, 0.29) is 16.9 Å². The number of nitrogens with zero attached hydrogens (tertiary/aromatic N) is 1. The third-order valence-electron chi connectivity index (χ3n) is 13.2. The zero-order chi connectivity index (χ0) is 22.0. The monoisotopic (exact) mass is 430 g/mol. The molecule has 176 valence electrons. The number of hydrogen-bond donors (Lipinski definition) is 2. The first kappa shape index (κ1) is 21.4. The van der Waals surface area contributed by atoms with E-state index in [9.17, 15) is 5.11 Å². The van der Waals surface area contributed by atoms with Crippen molar-refractivity contribution >= 4 is 0 Å². The molecule has 11 atom stereocenters. The second-order valence-electron chi connectivity index (χ2n) is 13.8. The van der Waals surface area contributed by atoms with Crippen LogP contribution in [-0.4, -0.2) is 55.6 Å². The van der Waals surface area contributed by atoms with Crippen LogP contribution in [0.2, 0.25) is 0 Å². The van der Waals surface area contributed by atoms with Gasteiger partial charge in [-0.05, 0) is 106 Å². The average Bonchev–Trinajstić information content (AvgIpc) is 3.32. The molecule has 6 fully saturated rings. The summed E-state index contributed by atoms with van der Waals surface area (Å²) in [7, 11) is 4.39. The van der Waals surface area contributed by atoms with Crippen molar-refractivity contribution in [1.82, 2.24) is 10.2 Å². The Bertz CT molecular complexity index is 772. The number of rotatable bonds is 2. The Balaban J connectivity index is 1.36. The molecule has 0 aromatic carbocycles. The third kappa shape index (κ3) is 2.27. The summed E-state index contributed by atoms with van der Waals surface area (Å²) in [6, 6.07) is 1.08. The number of fused-ring (bicyclic) bond motifs is 4. The van der Waals surface area contributed by atoms with Gasteiger partial charge in [0.1, 0.15) is 0 Å². The SMILES string of the molecule is C[C@@H]([C@H]1[C@H](O)C[C@@]2(C)[C@@H]3CC[C@H]4[C@]5(C)COCN[C@H]5CC[C@@]45C[C@@]35CC[C@]12C)N(C)C. The zero-order valence-electron chi connectivity index (χ0n) is 20.8. The Labute approximate surface area is 189 Å². The first-order chi connectivity index (χ1) is 14.6. The molecule has 2 spiro atoms. The molecule has 5 aliphatic carbocycles. The van der Waals surface area contributed by atoms with Gasteiger partial charge >= 0.3 is 0 Å². The summed E-state index contributed by atoms with van der Waals surface area (Å²) < 4.78 is 6.02. The summed E-state index contributed by atoms with van der Waals surface area (Å²) >= 11 is 0. The molecule has 5 saturated carbocycles. The van der Waals surface area contributed by atoms with Gasteiger partial charge in [-0.3, -0.25) is 5.32 Å². The second-order valence-corrected chi connectivity index (χ2v) is 13.8. The highest BCUT2D eigenvalue weighted by Gasteiger charge is 2.83. The van der Waals surface area contributed by atoms with Gasteiger partial charge < -0.3 is 14.7 Å².